The normalized spacial score (nSPS) is 30.7. The van der Waals surface area contributed by atoms with Crippen molar-refractivity contribution in [1.29, 1.82) is 0 Å². The fourth-order valence-electron chi connectivity index (χ4n) is 2.08. The summed E-state index contributed by atoms with van der Waals surface area (Å²) in [6.07, 6.45) is 4.12. The molecule has 0 radical (unpaired) electrons. The summed E-state index contributed by atoms with van der Waals surface area (Å²) in [5.74, 6) is 0.779. The molecule has 1 saturated heterocycles. The highest BCUT2D eigenvalue weighted by atomic mass is 79.9. The number of rotatable bonds is 3. The van der Waals surface area contributed by atoms with Crippen LogP contribution in [-0.2, 0) is 4.74 Å². The number of aromatic nitrogens is 2. The zero-order chi connectivity index (χ0) is 10.3. The number of nitrogens with one attached hydrogen (secondary N) is 1. The van der Waals surface area contributed by atoms with Gasteiger partial charge in [-0.05, 0) is 41.1 Å². The van der Waals surface area contributed by atoms with Gasteiger partial charge >= 0.3 is 0 Å². The number of halogens is 1. The van der Waals surface area contributed by atoms with E-state index in [4.69, 9.17) is 4.74 Å². The highest BCUT2D eigenvalue weighted by molar-refractivity contribution is 9.11. The van der Waals surface area contributed by atoms with E-state index in [0.29, 0.717) is 12.1 Å². The topological polar surface area (TPSA) is 47.0 Å². The van der Waals surface area contributed by atoms with Crippen LogP contribution in [0.2, 0.25) is 0 Å². The Morgan fingerprint density at radius 3 is 2.87 bits per heavy atom. The Labute approximate surface area is 101 Å². The number of hydrogen-bond acceptors (Lipinski definition) is 5. The molecule has 2 atom stereocenters. The Hall–Kier alpha value is -0.200. The van der Waals surface area contributed by atoms with Crippen LogP contribution in [-0.4, -0.2) is 29.0 Å². The molecule has 1 aliphatic carbocycles. The van der Waals surface area contributed by atoms with Crippen molar-refractivity contribution in [2.45, 2.75) is 31.4 Å². The molecule has 1 saturated carbocycles. The Bertz CT molecular complexity index is 355. The lowest BCUT2D eigenvalue weighted by atomic mass is 10.1. The maximum absolute atomic E-state index is 5.75. The number of ether oxygens (including phenoxy) is 1. The molecule has 1 aromatic rings. The molecule has 3 rings (SSSR count). The Kier molecular flexibility index (Phi) is 2.66. The number of nitrogens with zero attached hydrogens (tertiary/aromatic N) is 2. The molecule has 0 bridgehead atoms. The van der Waals surface area contributed by atoms with Crippen LogP contribution < -0.4 is 5.32 Å². The van der Waals surface area contributed by atoms with Crippen molar-refractivity contribution in [3.63, 3.8) is 0 Å². The minimum absolute atomic E-state index is 0.396. The van der Waals surface area contributed by atoms with Gasteiger partial charge in [-0.1, -0.05) is 11.3 Å². The molecular weight excluding hydrogens is 278 g/mol. The second-order valence-electron chi connectivity index (χ2n) is 4.07. The minimum atomic E-state index is 0.396. The lowest BCUT2D eigenvalue weighted by molar-refractivity contribution is 0.0898. The lowest BCUT2D eigenvalue weighted by Crippen LogP contribution is -2.30. The highest BCUT2D eigenvalue weighted by Crippen LogP contribution is 2.39. The van der Waals surface area contributed by atoms with Gasteiger partial charge in [0.15, 0.2) is 3.92 Å². The minimum Gasteiger partial charge on any atom is -0.376 e. The van der Waals surface area contributed by atoms with Crippen molar-refractivity contribution in [2.75, 3.05) is 11.9 Å². The van der Waals surface area contributed by atoms with Gasteiger partial charge in [-0.25, -0.2) is 0 Å². The largest absolute Gasteiger partial charge is 0.376 e. The van der Waals surface area contributed by atoms with E-state index in [2.05, 4.69) is 31.4 Å². The van der Waals surface area contributed by atoms with E-state index in [0.717, 1.165) is 28.0 Å². The SMILES string of the molecule is Brc1nnc(NC2CCOC2C2CC2)s1. The van der Waals surface area contributed by atoms with E-state index in [1.807, 2.05) is 0 Å². The second-order valence-corrected chi connectivity index (χ2v) is 6.33. The summed E-state index contributed by atoms with van der Waals surface area (Å²) in [6.45, 7) is 0.874. The zero-order valence-corrected chi connectivity index (χ0v) is 10.6. The monoisotopic (exact) mass is 289 g/mol. The fraction of sp³-hybridized carbons (Fsp3) is 0.778. The predicted molar refractivity (Wildman–Crippen MR) is 62.1 cm³/mol. The summed E-state index contributed by atoms with van der Waals surface area (Å²) < 4.78 is 6.58. The van der Waals surface area contributed by atoms with Crippen molar-refractivity contribution in [3.8, 4) is 0 Å². The van der Waals surface area contributed by atoms with E-state index >= 15 is 0 Å². The van der Waals surface area contributed by atoms with E-state index < -0.39 is 0 Å². The molecule has 2 unspecified atom stereocenters. The van der Waals surface area contributed by atoms with E-state index in [9.17, 15) is 0 Å². The van der Waals surface area contributed by atoms with Crippen molar-refractivity contribution >= 4 is 32.4 Å². The zero-order valence-electron chi connectivity index (χ0n) is 8.15. The first-order valence-electron chi connectivity index (χ1n) is 5.20. The van der Waals surface area contributed by atoms with Crippen LogP contribution in [0.3, 0.4) is 0 Å². The maximum Gasteiger partial charge on any atom is 0.206 e. The summed E-state index contributed by atoms with van der Waals surface area (Å²) >= 11 is 4.85. The van der Waals surface area contributed by atoms with Gasteiger partial charge in [-0.15, -0.1) is 10.2 Å². The lowest BCUT2D eigenvalue weighted by Gasteiger charge is -2.18. The van der Waals surface area contributed by atoms with Gasteiger partial charge in [0.05, 0.1) is 12.1 Å². The van der Waals surface area contributed by atoms with Gasteiger partial charge < -0.3 is 10.1 Å². The first kappa shape index (κ1) is 9.99. The summed E-state index contributed by atoms with van der Waals surface area (Å²) in [6, 6.07) is 0.428. The molecule has 2 aliphatic rings. The van der Waals surface area contributed by atoms with Gasteiger partial charge in [0.2, 0.25) is 5.13 Å². The molecule has 1 aromatic heterocycles. The summed E-state index contributed by atoms with van der Waals surface area (Å²) in [7, 11) is 0. The summed E-state index contributed by atoms with van der Waals surface area (Å²) in [5, 5.41) is 12.3. The van der Waals surface area contributed by atoms with Gasteiger partial charge in [-0.3, -0.25) is 0 Å². The summed E-state index contributed by atoms with van der Waals surface area (Å²) in [4.78, 5) is 0. The Morgan fingerprint density at radius 2 is 2.20 bits per heavy atom. The molecule has 0 aromatic carbocycles. The molecule has 2 heterocycles. The van der Waals surface area contributed by atoms with Crippen LogP contribution in [0.4, 0.5) is 5.13 Å². The van der Waals surface area contributed by atoms with Gasteiger partial charge in [0, 0.05) is 6.61 Å². The Balaban J connectivity index is 1.66. The smallest absolute Gasteiger partial charge is 0.206 e. The molecule has 1 aliphatic heterocycles. The Morgan fingerprint density at radius 1 is 1.33 bits per heavy atom. The highest BCUT2D eigenvalue weighted by Gasteiger charge is 2.40. The van der Waals surface area contributed by atoms with Crippen molar-refractivity contribution < 1.29 is 4.74 Å². The molecule has 82 valence electrons. The van der Waals surface area contributed by atoms with E-state index in [-0.39, 0.29) is 0 Å². The maximum atomic E-state index is 5.75. The fourth-order valence-corrected chi connectivity index (χ4v) is 3.15. The van der Waals surface area contributed by atoms with E-state index in [1.165, 1.54) is 24.2 Å². The third kappa shape index (κ3) is 2.16. The summed E-state index contributed by atoms with van der Waals surface area (Å²) in [5.41, 5.74) is 0. The molecule has 6 heteroatoms. The molecule has 0 amide bonds. The average molecular weight is 290 g/mol. The molecule has 15 heavy (non-hydrogen) atoms. The van der Waals surface area contributed by atoms with Crippen LogP contribution in [0, 0.1) is 5.92 Å². The number of anilines is 1. The van der Waals surface area contributed by atoms with Crippen LogP contribution in [0.5, 0.6) is 0 Å². The molecule has 4 nitrogen and oxygen atoms in total. The third-order valence-electron chi connectivity index (χ3n) is 2.93. The van der Waals surface area contributed by atoms with Crippen LogP contribution >= 0.6 is 27.3 Å². The van der Waals surface area contributed by atoms with Crippen LogP contribution in [0.1, 0.15) is 19.3 Å². The van der Waals surface area contributed by atoms with Crippen molar-refractivity contribution in [2.24, 2.45) is 5.92 Å². The predicted octanol–water partition coefficient (Wildman–Crippen LogP) is 2.28. The average Bonchev–Trinajstić information content (AvgIpc) is 2.83. The van der Waals surface area contributed by atoms with Gasteiger partial charge in [0.25, 0.3) is 0 Å². The molecule has 1 N–H and O–H groups in total. The molecular formula is C9H12BrN3OS. The van der Waals surface area contributed by atoms with E-state index in [1.54, 1.807) is 0 Å². The first-order valence-corrected chi connectivity index (χ1v) is 6.81. The molecule has 2 fully saturated rings. The third-order valence-corrected chi connectivity index (χ3v) is 4.22. The van der Waals surface area contributed by atoms with Gasteiger partial charge in [-0.2, -0.15) is 0 Å². The van der Waals surface area contributed by atoms with Crippen LogP contribution in [0.15, 0.2) is 3.92 Å². The quantitative estimate of drug-likeness (QED) is 0.927. The number of hydrogen-bond donors (Lipinski definition) is 1. The van der Waals surface area contributed by atoms with Crippen LogP contribution in [0.25, 0.3) is 0 Å². The first-order chi connectivity index (χ1) is 7.33. The van der Waals surface area contributed by atoms with Crippen molar-refractivity contribution in [1.82, 2.24) is 10.2 Å². The standard InChI is InChI=1S/C9H12BrN3OS/c10-8-12-13-9(15-8)11-6-3-4-14-7(6)5-1-2-5/h5-7H,1-4H2,(H,11,13). The van der Waals surface area contributed by atoms with Gasteiger partial charge in [0.1, 0.15) is 0 Å². The molecule has 0 spiro atoms. The second kappa shape index (κ2) is 3.99. The van der Waals surface area contributed by atoms with Crippen molar-refractivity contribution in [3.05, 3.63) is 3.92 Å².